The van der Waals surface area contributed by atoms with E-state index in [1.54, 1.807) is 0 Å². The Kier molecular flexibility index (Phi) is 4.93. The Balaban J connectivity index is 3.28. The zero-order valence-corrected chi connectivity index (χ0v) is 9.94. The van der Waals surface area contributed by atoms with Gasteiger partial charge in [0.25, 0.3) is 0 Å². The number of hydrogen-bond donors (Lipinski definition) is 0. The predicted molar refractivity (Wildman–Crippen MR) is 55.5 cm³/mol. The highest BCUT2D eigenvalue weighted by atomic mass is 17.2. The first-order valence-corrected chi connectivity index (χ1v) is 5.01. The van der Waals surface area contributed by atoms with E-state index in [9.17, 15) is 0 Å². The van der Waals surface area contributed by atoms with Crippen molar-refractivity contribution in [2.75, 3.05) is 6.61 Å². The standard InChI is InChI=1S/C11H24O2/c1-10(2,3)8-7-9-12-13-11(4,5)6/h7-9H2,1-6H3. The zero-order chi connectivity index (χ0) is 10.5. The second kappa shape index (κ2) is 4.97. The summed E-state index contributed by atoms with van der Waals surface area (Å²) in [6, 6.07) is 0. The normalized spacial score (nSPS) is 13.4. The quantitative estimate of drug-likeness (QED) is 0.381. The summed E-state index contributed by atoms with van der Waals surface area (Å²) >= 11 is 0. The summed E-state index contributed by atoms with van der Waals surface area (Å²) < 4.78 is 0. The van der Waals surface area contributed by atoms with Gasteiger partial charge in [0, 0.05) is 0 Å². The van der Waals surface area contributed by atoms with Gasteiger partial charge in [-0.1, -0.05) is 20.8 Å². The van der Waals surface area contributed by atoms with Gasteiger partial charge in [0.1, 0.15) is 0 Å². The Morgan fingerprint density at radius 2 is 1.46 bits per heavy atom. The fourth-order valence-electron chi connectivity index (χ4n) is 0.880. The van der Waals surface area contributed by atoms with Crippen LogP contribution in [0.5, 0.6) is 0 Å². The molecule has 0 amide bonds. The molecule has 0 rings (SSSR count). The summed E-state index contributed by atoms with van der Waals surface area (Å²) in [6.45, 7) is 13.3. The van der Waals surface area contributed by atoms with Crippen LogP contribution in [-0.4, -0.2) is 12.2 Å². The molecule has 0 bridgehead atoms. The first-order chi connectivity index (χ1) is 5.71. The molecule has 2 nitrogen and oxygen atoms in total. The minimum absolute atomic E-state index is 0.193. The minimum Gasteiger partial charge on any atom is -0.236 e. The topological polar surface area (TPSA) is 18.5 Å². The summed E-state index contributed by atoms with van der Waals surface area (Å²) in [5, 5.41) is 0. The minimum atomic E-state index is -0.193. The van der Waals surface area contributed by atoms with Crippen LogP contribution in [0, 0.1) is 5.41 Å². The lowest BCUT2D eigenvalue weighted by Gasteiger charge is -2.20. The summed E-state index contributed by atoms with van der Waals surface area (Å²) in [4.78, 5) is 10.2. The second-order valence-corrected chi connectivity index (χ2v) is 5.68. The molecule has 0 saturated heterocycles. The van der Waals surface area contributed by atoms with Crippen molar-refractivity contribution in [2.45, 2.75) is 60.0 Å². The monoisotopic (exact) mass is 188 g/mol. The molecular formula is C11H24O2. The van der Waals surface area contributed by atoms with Crippen LogP contribution in [-0.2, 0) is 9.78 Å². The van der Waals surface area contributed by atoms with Crippen molar-refractivity contribution in [2.24, 2.45) is 5.41 Å². The largest absolute Gasteiger partial charge is 0.236 e. The van der Waals surface area contributed by atoms with Gasteiger partial charge >= 0.3 is 0 Å². The highest BCUT2D eigenvalue weighted by Gasteiger charge is 2.12. The first-order valence-electron chi connectivity index (χ1n) is 5.01. The van der Waals surface area contributed by atoms with E-state index in [2.05, 4.69) is 20.8 Å². The van der Waals surface area contributed by atoms with Crippen LogP contribution in [0.15, 0.2) is 0 Å². The molecule has 0 N–H and O–H groups in total. The SMILES string of the molecule is CC(C)(C)CCCOOC(C)(C)C. The van der Waals surface area contributed by atoms with E-state index < -0.39 is 0 Å². The fourth-order valence-corrected chi connectivity index (χ4v) is 0.880. The number of hydrogen-bond acceptors (Lipinski definition) is 2. The van der Waals surface area contributed by atoms with Crippen molar-refractivity contribution < 1.29 is 9.78 Å². The summed E-state index contributed by atoms with van der Waals surface area (Å²) in [7, 11) is 0. The van der Waals surface area contributed by atoms with Gasteiger partial charge in [0.2, 0.25) is 0 Å². The van der Waals surface area contributed by atoms with E-state index in [4.69, 9.17) is 9.78 Å². The third-order valence-electron chi connectivity index (χ3n) is 1.46. The maximum atomic E-state index is 5.14. The molecule has 2 heteroatoms. The molecule has 0 spiro atoms. The van der Waals surface area contributed by atoms with Gasteiger partial charge in [0.05, 0.1) is 12.2 Å². The third kappa shape index (κ3) is 11.9. The Hall–Kier alpha value is -0.0800. The van der Waals surface area contributed by atoms with Crippen LogP contribution < -0.4 is 0 Å². The van der Waals surface area contributed by atoms with E-state index in [0.29, 0.717) is 12.0 Å². The number of rotatable bonds is 4. The maximum Gasteiger partial charge on any atom is 0.0952 e. The summed E-state index contributed by atoms with van der Waals surface area (Å²) in [6.07, 6.45) is 2.22. The second-order valence-electron chi connectivity index (χ2n) is 5.68. The Bertz CT molecular complexity index is 112. The van der Waals surface area contributed by atoms with Crippen molar-refractivity contribution in [3.8, 4) is 0 Å². The lowest BCUT2D eigenvalue weighted by molar-refractivity contribution is -0.349. The average Bonchev–Trinajstić information content (AvgIpc) is 1.81. The summed E-state index contributed by atoms with van der Waals surface area (Å²) in [5.74, 6) is 0. The van der Waals surface area contributed by atoms with E-state index >= 15 is 0 Å². The van der Waals surface area contributed by atoms with Gasteiger partial charge in [-0.2, -0.15) is 0 Å². The van der Waals surface area contributed by atoms with Crippen LogP contribution in [0.2, 0.25) is 0 Å². The van der Waals surface area contributed by atoms with Gasteiger partial charge < -0.3 is 0 Å². The molecule has 0 aliphatic rings. The molecule has 0 fully saturated rings. The molecular weight excluding hydrogens is 164 g/mol. The molecule has 0 aliphatic heterocycles. The zero-order valence-electron chi connectivity index (χ0n) is 9.94. The highest BCUT2D eigenvalue weighted by molar-refractivity contribution is 4.60. The molecule has 0 unspecified atom stereocenters. The lowest BCUT2D eigenvalue weighted by Crippen LogP contribution is -2.20. The molecule has 0 aliphatic carbocycles. The molecule has 0 heterocycles. The highest BCUT2D eigenvalue weighted by Crippen LogP contribution is 2.20. The lowest BCUT2D eigenvalue weighted by atomic mass is 9.91. The molecule has 0 atom stereocenters. The van der Waals surface area contributed by atoms with E-state index in [1.807, 2.05) is 20.8 Å². The van der Waals surface area contributed by atoms with Crippen molar-refractivity contribution in [3.05, 3.63) is 0 Å². The molecule has 0 radical (unpaired) electrons. The molecule has 0 aromatic carbocycles. The van der Waals surface area contributed by atoms with Gasteiger partial charge in [0.15, 0.2) is 0 Å². The van der Waals surface area contributed by atoms with Gasteiger partial charge in [-0.15, -0.1) is 0 Å². The molecule has 0 aromatic heterocycles. The van der Waals surface area contributed by atoms with Crippen molar-refractivity contribution in [1.82, 2.24) is 0 Å². The van der Waals surface area contributed by atoms with E-state index in [-0.39, 0.29) is 5.60 Å². The third-order valence-corrected chi connectivity index (χ3v) is 1.46. The van der Waals surface area contributed by atoms with Crippen LogP contribution in [0.1, 0.15) is 54.4 Å². The van der Waals surface area contributed by atoms with E-state index in [1.165, 1.54) is 6.42 Å². The Morgan fingerprint density at radius 1 is 0.923 bits per heavy atom. The molecule has 80 valence electrons. The molecule has 0 aromatic rings. The Morgan fingerprint density at radius 3 is 1.85 bits per heavy atom. The van der Waals surface area contributed by atoms with Crippen LogP contribution in [0.25, 0.3) is 0 Å². The van der Waals surface area contributed by atoms with Crippen LogP contribution >= 0.6 is 0 Å². The van der Waals surface area contributed by atoms with Crippen molar-refractivity contribution in [3.63, 3.8) is 0 Å². The predicted octanol–water partition coefficient (Wildman–Crippen LogP) is 3.56. The summed E-state index contributed by atoms with van der Waals surface area (Å²) in [5.41, 5.74) is 0.201. The van der Waals surface area contributed by atoms with Crippen molar-refractivity contribution in [1.29, 1.82) is 0 Å². The maximum absolute atomic E-state index is 5.14. The van der Waals surface area contributed by atoms with Gasteiger partial charge in [-0.05, 0) is 39.0 Å². The smallest absolute Gasteiger partial charge is 0.0952 e. The Labute approximate surface area is 82.5 Å². The van der Waals surface area contributed by atoms with Gasteiger partial charge in [-0.25, -0.2) is 9.78 Å². The molecule has 13 heavy (non-hydrogen) atoms. The van der Waals surface area contributed by atoms with Crippen LogP contribution in [0.3, 0.4) is 0 Å². The molecule has 0 saturated carbocycles. The van der Waals surface area contributed by atoms with Gasteiger partial charge in [-0.3, -0.25) is 0 Å². The van der Waals surface area contributed by atoms with Crippen molar-refractivity contribution >= 4 is 0 Å². The first kappa shape index (κ1) is 12.9. The van der Waals surface area contributed by atoms with E-state index in [0.717, 1.165) is 6.42 Å². The van der Waals surface area contributed by atoms with Crippen LogP contribution in [0.4, 0.5) is 0 Å². The average molecular weight is 188 g/mol. The fraction of sp³-hybridized carbons (Fsp3) is 1.00.